The number of aromatic nitrogens is 2. The average molecular weight is 154 g/mol. The van der Waals surface area contributed by atoms with Crippen LogP contribution >= 0.6 is 0 Å². The summed E-state index contributed by atoms with van der Waals surface area (Å²) in [6.07, 6.45) is 4.88. The molecule has 0 aliphatic rings. The van der Waals surface area contributed by atoms with Crippen LogP contribution in [0, 0.1) is 0 Å². The molecule has 1 heterocycles. The van der Waals surface area contributed by atoms with Crippen LogP contribution in [0.1, 0.15) is 19.2 Å². The summed E-state index contributed by atoms with van der Waals surface area (Å²) in [4.78, 5) is 4.14. The highest BCUT2D eigenvalue weighted by atomic mass is 15.2. The summed E-state index contributed by atoms with van der Waals surface area (Å²) in [5.74, 6) is 6.18. The number of aryl methyl sites for hydroxylation is 1. The Balaban J connectivity index is 2.62. The number of nitrogens with zero attached hydrogens (tertiary/aromatic N) is 2. The Bertz CT molecular complexity index is 185. The van der Waals surface area contributed by atoms with E-state index in [2.05, 4.69) is 21.9 Å². The third-order valence-corrected chi connectivity index (χ3v) is 1.53. The molecule has 3 N–H and O–H groups in total. The summed E-state index contributed by atoms with van der Waals surface area (Å²) in [5, 5.41) is 0. The minimum Gasteiger partial charge on any atom is -0.334 e. The van der Waals surface area contributed by atoms with Gasteiger partial charge in [0.25, 0.3) is 0 Å². The average Bonchev–Trinajstić information content (AvgIpc) is 2.39. The first-order valence-electron chi connectivity index (χ1n) is 3.82. The Morgan fingerprint density at radius 2 is 2.55 bits per heavy atom. The lowest BCUT2D eigenvalue weighted by molar-refractivity contribution is 0.600. The second-order valence-corrected chi connectivity index (χ2v) is 2.42. The molecule has 0 spiro atoms. The van der Waals surface area contributed by atoms with Gasteiger partial charge in [-0.05, 0) is 6.42 Å². The Morgan fingerprint density at radius 1 is 1.73 bits per heavy atom. The molecular formula is C7H14N4. The zero-order chi connectivity index (χ0) is 8.10. The second-order valence-electron chi connectivity index (χ2n) is 2.42. The van der Waals surface area contributed by atoms with Gasteiger partial charge in [0.1, 0.15) is 5.82 Å². The topological polar surface area (TPSA) is 55.9 Å². The standard InChI is InChI=1S/C7H14N4/c1-2-4-11-5-3-9-7(11)6-10-8/h3,5,10H,2,4,6,8H2,1H3. The van der Waals surface area contributed by atoms with E-state index in [1.165, 1.54) is 0 Å². The highest BCUT2D eigenvalue weighted by molar-refractivity contribution is 4.91. The summed E-state index contributed by atoms with van der Waals surface area (Å²) in [5.41, 5.74) is 2.59. The van der Waals surface area contributed by atoms with Crippen molar-refractivity contribution in [1.82, 2.24) is 15.0 Å². The van der Waals surface area contributed by atoms with Gasteiger partial charge in [-0.2, -0.15) is 0 Å². The number of hydrogen-bond donors (Lipinski definition) is 2. The van der Waals surface area contributed by atoms with E-state index in [0.717, 1.165) is 18.8 Å². The van der Waals surface area contributed by atoms with E-state index >= 15 is 0 Å². The zero-order valence-electron chi connectivity index (χ0n) is 6.75. The molecule has 4 heteroatoms. The molecule has 0 atom stereocenters. The maximum atomic E-state index is 5.18. The second kappa shape index (κ2) is 4.10. The summed E-state index contributed by atoms with van der Waals surface area (Å²) in [6, 6.07) is 0. The first-order chi connectivity index (χ1) is 5.38. The molecule has 4 nitrogen and oxygen atoms in total. The smallest absolute Gasteiger partial charge is 0.124 e. The van der Waals surface area contributed by atoms with Crippen molar-refractivity contribution in [3.05, 3.63) is 18.2 Å². The van der Waals surface area contributed by atoms with Crippen LogP contribution in [-0.2, 0) is 13.1 Å². The van der Waals surface area contributed by atoms with Crippen molar-refractivity contribution in [3.63, 3.8) is 0 Å². The Morgan fingerprint density at radius 3 is 3.18 bits per heavy atom. The molecule has 0 unspecified atom stereocenters. The molecule has 1 aromatic heterocycles. The number of hydrazine groups is 1. The fraction of sp³-hybridized carbons (Fsp3) is 0.571. The Hall–Kier alpha value is -0.870. The maximum absolute atomic E-state index is 5.18. The van der Waals surface area contributed by atoms with E-state index < -0.39 is 0 Å². The van der Waals surface area contributed by atoms with Gasteiger partial charge in [0.2, 0.25) is 0 Å². The van der Waals surface area contributed by atoms with E-state index in [4.69, 9.17) is 5.84 Å². The number of nitrogens with one attached hydrogen (secondary N) is 1. The molecule has 11 heavy (non-hydrogen) atoms. The summed E-state index contributed by atoms with van der Waals surface area (Å²) in [6.45, 7) is 3.78. The van der Waals surface area contributed by atoms with E-state index in [-0.39, 0.29) is 0 Å². The molecule has 0 amide bonds. The van der Waals surface area contributed by atoms with Crippen LogP contribution < -0.4 is 11.3 Å². The molecule has 0 aromatic carbocycles. The molecule has 1 rings (SSSR count). The van der Waals surface area contributed by atoms with Crippen LogP contribution in [0.2, 0.25) is 0 Å². The van der Waals surface area contributed by atoms with Gasteiger partial charge in [0, 0.05) is 18.9 Å². The van der Waals surface area contributed by atoms with Gasteiger partial charge in [-0.3, -0.25) is 11.3 Å². The number of imidazole rings is 1. The van der Waals surface area contributed by atoms with Gasteiger partial charge >= 0.3 is 0 Å². The molecule has 0 saturated heterocycles. The third kappa shape index (κ3) is 2.03. The third-order valence-electron chi connectivity index (χ3n) is 1.53. The maximum Gasteiger partial charge on any atom is 0.124 e. The number of rotatable bonds is 4. The van der Waals surface area contributed by atoms with Crippen LogP contribution in [-0.4, -0.2) is 9.55 Å². The molecule has 0 bridgehead atoms. The summed E-state index contributed by atoms with van der Waals surface area (Å²) < 4.78 is 2.10. The van der Waals surface area contributed by atoms with Gasteiger partial charge in [-0.25, -0.2) is 4.98 Å². The highest BCUT2D eigenvalue weighted by Gasteiger charge is 1.98. The fourth-order valence-corrected chi connectivity index (χ4v) is 1.04. The van der Waals surface area contributed by atoms with Crippen LogP contribution in [0.3, 0.4) is 0 Å². The van der Waals surface area contributed by atoms with Crippen molar-refractivity contribution in [2.75, 3.05) is 0 Å². The van der Waals surface area contributed by atoms with E-state index in [9.17, 15) is 0 Å². The molecule has 0 fully saturated rings. The van der Waals surface area contributed by atoms with Crippen molar-refractivity contribution in [2.45, 2.75) is 26.4 Å². The number of hydrogen-bond acceptors (Lipinski definition) is 3. The lowest BCUT2D eigenvalue weighted by atomic mass is 10.4. The largest absolute Gasteiger partial charge is 0.334 e. The van der Waals surface area contributed by atoms with Crippen LogP contribution in [0.5, 0.6) is 0 Å². The molecule has 0 aliphatic carbocycles. The molecule has 0 aliphatic heterocycles. The van der Waals surface area contributed by atoms with Crippen LogP contribution in [0.4, 0.5) is 0 Å². The lowest BCUT2D eigenvalue weighted by Gasteiger charge is -2.04. The SMILES string of the molecule is CCCn1ccnc1CNN. The van der Waals surface area contributed by atoms with Crippen molar-refractivity contribution in [2.24, 2.45) is 5.84 Å². The van der Waals surface area contributed by atoms with E-state index in [0.29, 0.717) is 6.54 Å². The van der Waals surface area contributed by atoms with Gasteiger partial charge in [-0.15, -0.1) is 0 Å². The number of nitrogens with two attached hydrogens (primary N) is 1. The van der Waals surface area contributed by atoms with Gasteiger partial charge in [0.15, 0.2) is 0 Å². The molecule has 0 saturated carbocycles. The molecule has 62 valence electrons. The first kappa shape index (κ1) is 8.23. The van der Waals surface area contributed by atoms with E-state index in [1.807, 2.05) is 6.20 Å². The van der Waals surface area contributed by atoms with Gasteiger partial charge < -0.3 is 4.57 Å². The van der Waals surface area contributed by atoms with Crippen LogP contribution in [0.15, 0.2) is 12.4 Å². The Labute approximate surface area is 66.4 Å². The van der Waals surface area contributed by atoms with Crippen molar-refractivity contribution >= 4 is 0 Å². The normalized spacial score (nSPS) is 10.4. The monoisotopic (exact) mass is 154 g/mol. The van der Waals surface area contributed by atoms with Crippen molar-refractivity contribution in [3.8, 4) is 0 Å². The highest BCUT2D eigenvalue weighted by Crippen LogP contribution is 1.97. The Kier molecular flexibility index (Phi) is 3.07. The minimum absolute atomic E-state index is 0.632. The molecular weight excluding hydrogens is 140 g/mol. The predicted octanol–water partition coefficient (Wildman–Crippen LogP) is 0.256. The van der Waals surface area contributed by atoms with Crippen LogP contribution in [0.25, 0.3) is 0 Å². The predicted molar refractivity (Wildman–Crippen MR) is 43.5 cm³/mol. The first-order valence-corrected chi connectivity index (χ1v) is 3.82. The van der Waals surface area contributed by atoms with E-state index in [1.54, 1.807) is 6.20 Å². The minimum atomic E-state index is 0.632. The fourth-order valence-electron chi connectivity index (χ4n) is 1.04. The van der Waals surface area contributed by atoms with Gasteiger partial charge in [0.05, 0.1) is 6.54 Å². The quantitative estimate of drug-likeness (QED) is 0.483. The van der Waals surface area contributed by atoms with Crippen molar-refractivity contribution < 1.29 is 0 Å². The van der Waals surface area contributed by atoms with Gasteiger partial charge in [-0.1, -0.05) is 6.92 Å². The summed E-state index contributed by atoms with van der Waals surface area (Å²) in [7, 11) is 0. The zero-order valence-corrected chi connectivity index (χ0v) is 6.75. The molecule has 1 aromatic rings. The van der Waals surface area contributed by atoms with Crippen molar-refractivity contribution in [1.29, 1.82) is 0 Å². The lowest BCUT2D eigenvalue weighted by Crippen LogP contribution is -2.23. The summed E-state index contributed by atoms with van der Waals surface area (Å²) >= 11 is 0. The molecule has 0 radical (unpaired) electrons.